The Hall–Kier alpha value is -3.47. The fourth-order valence-corrected chi connectivity index (χ4v) is 3.07. The fraction of sp³-hybridized carbons (Fsp3) is 0.0909. The highest BCUT2D eigenvalue weighted by Gasteiger charge is 2.13. The van der Waals surface area contributed by atoms with Crippen molar-refractivity contribution in [1.29, 1.82) is 0 Å². The van der Waals surface area contributed by atoms with E-state index >= 15 is 0 Å². The van der Waals surface area contributed by atoms with Crippen molar-refractivity contribution in [3.8, 4) is 0 Å². The maximum Gasteiger partial charge on any atom is 0.290 e. The van der Waals surface area contributed by atoms with Gasteiger partial charge in [0.2, 0.25) is 5.76 Å². The van der Waals surface area contributed by atoms with Gasteiger partial charge in [-0.2, -0.15) is 0 Å². The van der Waals surface area contributed by atoms with Crippen LogP contribution in [0.1, 0.15) is 27.4 Å². The molecule has 3 aromatic carbocycles. The minimum Gasteiger partial charge on any atom is -0.351 e. The largest absolute Gasteiger partial charge is 0.351 e. The van der Waals surface area contributed by atoms with Crippen molar-refractivity contribution in [2.75, 3.05) is 0 Å². The van der Waals surface area contributed by atoms with Crippen molar-refractivity contribution in [3.05, 3.63) is 101 Å². The summed E-state index contributed by atoms with van der Waals surface area (Å²) in [5.74, 6) is -0.494. The lowest BCUT2D eigenvalue weighted by Crippen LogP contribution is -2.22. The van der Waals surface area contributed by atoms with Crippen LogP contribution in [0.4, 0.5) is 4.39 Å². The summed E-state index contributed by atoms with van der Waals surface area (Å²) >= 11 is 0. The molecule has 4 aromatic rings. The summed E-state index contributed by atoms with van der Waals surface area (Å²) in [6.45, 7) is 0.389. The average molecular weight is 360 g/mol. The van der Waals surface area contributed by atoms with Crippen LogP contribution in [0.25, 0.3) is 10.8 Å². The Labute approximate surface area is 155 Å². The number of nitrogens with one attached hydrogen (secondary N) is 1. The molecular formula is C22H17FN2O2. The van der Waals surface area contributed by atoms with Gasteiger partial charge in [-0.15, -0.1) is 0 Å². The number of aromatic nitrogens is 1. The standard InChI is InChI=1S/C22H17FN2O2/c23-18-9-3-5-15(11-18)12-19-13-21(27-25-19)22(26)24-14-17-8-4-7-16-6-1-2-10-20(16)17/h1-11,13H,12,14H2,(H,24,26). The zero-order chi connectivity index (χ0) is 18.6. The number of rotatable bonds is 5. The van der Waals surface area contributed by atoms with Crippen molar-refractivity contribution >= 4 is 16.7 Å². The van der Waals surface area contributed by atoms with Gasteiger partial charge in [0.15, 0.2) is 0 Å². The molecule has 1 aromatic heterocycles. The topological polar surface area (TPSA) is 55.1 Å². The zero-order valence-electron chi connectivity index (χ0n) is 14.5. The summed E-state index contributed by atoms with van der Waals surface area (Å²) in [5.41, 5.74) is 2.38. The molecular weight excluding hydrogens is 343 g/mol. The molecule has 0 atom stereocenters. The molecule has 134 valence electrons. The van der Waals surface area contributed by atoms with Gasteiger partial charge in [-0.25, -0.2) is 4.39 Å². The highest BCUT2D eigenvalue weighted by atomic mass is 19.1. The van der Waals surface area contributed by atoms with Crippen molar-refractivity contribution < 1.29 is 13.7 Å². The molecule has 0 radical (unpaired) electrons. The second-order valence-corrected chi connectivity index (χ2v) is 6.31. The molecule has 4 nitrogen and oxygen atoms in total. The quantitative estimate of drug-likeness (QED) is 0.571. The molecule has 0 aliphatic carbocycles. The van der Waals surface area contributed by atoms with Gasteiger partial charge in [-0.3, -0.25) is 4.79 Å². The molecule has 1 amide bonds. The monoisotopic (exact) mass is 360 g/mol. The molecule has 0 aliphatic heterocycles. The van der Waals surface area contributed by atoms with Gasteiger partial charge in [-0.1, -0.05) is 59.8 Å². The molecule has 1 N–H and O–H groups in total. The fourth-order valence-electron chi connectivity index (χ4n) is 3.07. The van der Waals surface area contributed by atoms with E-state index < -0.39 is 0 Å². The number of hydrogen-bond acceptors (Lipinski definition) is 3. The minimum absolute atomic E-state index is 0.140. The van der Waals surface area contributed by atoms with E-state index in [1.54, 1.807) is 18.2 Å². The van der Waals surface area contributed by atoms with E-state index in [0.717, 1.165) is 21.9 Å². The Morgan fingerprint density at radius 2 is 1.81 bits per heavy atom. The van der Waals surface area contributed by atoms with Crippen LogP contribution in [0.2, 0.25) is 0 Å². The number of halogens is 1. The predicted octanol–water partition coefficient (Wildman–Crippen LogP) is 4.49. The third-order valence-electron chi connectivity index (χ3n) is 4.38. The van der Waals surface area contributed by atoms with Gasteiger partial charge >= 0.3 is 0 Å². The Balaban J connectivity index is 1.44. The summed E-state index contributed by atoms with van der Waals surface area (Å²) in [7, 11) is 0. The third-order valence-corrected chi connectivity index (χ3v) is 4.38. The van der Waals surface area contributed by atoms with Crippen LogP contribution in [0.15, 0.2) is 77.3 Å². The summed E-state index contributed by atoms with van der Waals surface area (Å²) < 4.78 is 18.4. The molecule has 0 saturated heterocycles. The minimum atomic E-state index is -0.332. The highest BCUT2D eigenvalue weighted by Crippen LogP contribution is 2.18. The number of benzene rings is 3. The number of nitrogens with zero attached hydrogens (tertiary/aromatic N) is 1. The van der Waals surface area contributed by atoms with Crippen LogP contribution >= 0.6 is 0 Å². The van der Waals surface area contributed by atoms with Crippen LogP contribution in [-0.2, 0) is 13.0 Å². The summed E-state index contributed by atoms with van der Waals surface area (Å²) in [6.07, 6.45) is 0.401. The van der Waals surface area contributed by atoms with Crippen LogP contribution < -0.4 is 5.32 Å². The van der Waals surface area contributed by atoms with Gasteiger partial charge in [0.1, 0.15) is 5.82 Å². The number of hydrogen-bond donors (Lipinski definition) is 1. The number of amides is 1. The van der Waals surface area contributed by atoms with Crippen molar-refractivity contribution in [1.82, 2.24) is 10.5 Å². The average Bonchev–Trinajstić information content (AvgIpc) is 3.14. The lowest BCUT2D eigenvalue weighted by Gasteiger charge is -2.07. The highest BCUT2D eigenvalue weighted by molar-refractivity contribution is 5.92. The Bertz CT molecular complexity index is 1100. The molecule has 1 heterocycles. The second-order valence-electron chi connectivity index (χ2n) is 6.31. The van der Waals surface area contributed by atoms with Crippen molar-refractivity contribution in [2.24, 2.45) is 0 Å². The molecule has 0 bridgehead atoms. The first-order valence-electron chi connectivity index (χ1n) is 8.64. The van der Waals surface area contributed by atoms with Crippen LogP contribution in [0.5, 0.6) is 0 Å². The third kappa shape index (κ3) is 3.87. The van der Waals surface area contributed by atoms with Gasteiger partial charge in [0, 0.05) is 19.0 Å². The van der Waals surface area contributed by atoms with E-state index in [4.69, 9.17) is 4.52 Å². The first-order chi connectivity index (χ1) is 13.2. The summed E-state index contributed by atoms with van der Waals surface area (Å²) in [5, 5.41) is 9.00. The number of carbonyl (C=O) groups is 1. The van der Waals surface area contributed by atoms with E-state index in [9.17, 15) is 9.18 Å². The van der Waals surface area contributed by atoms with Gasteiger partial charge < -0.3 is 9.84 Å². The number of carbonyl (C=O) groups excluding carboxylic acids is 1. The molecule has 0 unspecified atom stereocenters. The molecule has 5 heteroatoms. The molecule has 0 spiro atoms. The predicted molar refractivity (Wildman–Crippen MR) is 101 cm³/mol. The van der Waals surface area contributed by atoms with Crippen LogP contribution in [0, 0.1) is 5.82 Å². The Morgan fingerprint density at radius 1 is 1.00 bits per heavy atom. The maximum atomic E-state index is 13.3. The molecule has 0 fully saturated rings. The van der Waals surface area contributed by atoms with E-state index in [0.29, 0.717) is 18.7 Å². The molecule has 4 rings (SSSR count). The SMILES string of the molecule is O=C(NCc1cccc2ccccc12)c1cc(Cc2cccc(F)c2)no1. The van der Waals surface area contributed by atoms with Gasteiger partial charge in [-0.05, 0) is 34.0 Å². The zero-order valence-corrected chi connectivity index (χ0v) is 14.5. The van der Waals surface area contributed by atoms with E-state index in [1.807, 2.05) is 42.5 Å². The Morgan fingerprint density at radius 3 is 2.70 bits per heavy atom. The van der Waals surface area contributed by atoms with E-state index in [2.05, 4.69) is 10.5 Å². The van der Waals surface area contributed by atoms with Gasteiger partial charge in [0.05, 0.1) is 5.69 Å². The summed E-state index contributed by atoms with van der Waals surface area (Å²) in [4.78, 5) is 12.4. The normalized spacial score (nSPS) is 10.9. The lowest BCUT2D eigenvalue weighted by molar-refractivity contribution is 0.0914. The first-order valence-corrected chi connectivity index (χ1v) is 8.64. The lowest BCUT2D eigenvalue weighted by atomic mass is 10.0. The second kappa shape index (κ2) is 7.41. The molecule has 0 saturated carbocycles. The molecule has 0 aliphatic rings. The van der Waals surface area contributed by atoms with E-state index in [1.165, 1.54) is 12.1 Å². The smallest absolute Gasteiger partial charge is 0.290 e. The van der Waals surface area contributed by atoms with Crippen LogP contribution in [-0.4, -0.2) is 11.1 Å². The van der Waals surface area contributed by atoms with Gasteiger partial charge in [0.25, 0.3) is 5.91 Å². The number of fused-ring (bicyclic) bond motifs is 1. The first kappa shape index (κ1) is 17.0. The van der Waals surface area contributed by atoms with Crippen molar-refractivity contribution in [2.45, 2.75) is 13.0 Å². The Kier molecular flexibility index (Phi) is 4.66. The summed E-state index contributed by atoms with van der Waals surface area (Å²) in [6, 6.07) is 21.9. The van der Waals surface area contributed by atoms with E-state index in [-0.39, 0.29) is 17.5 Å². The molecule has 27 heavy (non-hydrogen) atoms. The maximum absolute atomic E-state index is 13.3. The van der Waals surface area contributed by atoms with Crippen molar-refractivity contribution in [3.63, 3.8) is 0 Å². The van der Waals surface area contributed by atoms with Crippen LogP contribution in [0.3, 0.4) is 0 Å².